The topological polar surface area (TPSA) is 117 Å². The molecule has 1 rings (SSSR count). The average molecular weight is 585 g/mol. The molecule has 0 spiro atoms. The van der Waals surface area contributed by atoms with Crippen LogP contribution in [0.25, 0.3) is 0 Å². The molecule has 11 heteroatoms. The van der Waals surface area contributed by atoms with Crippen molar-refractivity contribution in [2.45, 2.75) is 91.0 Å². The van der Waals surface area contributed by atoms with E-state index in [2.05, 4.69) is 17.1 Å². The Morgan fingerprint density at radius 3 is 2.41 bits per heavy atom. The summed E-state index contributed by atoms with van der Waals surface area (Å²) in [7, 11) is 0. The molecule has 1 aromatic carbocycles. The van der Waals surface area contributed by atoms with Crippen LogP contribution >= 0.6 is 0 Å². The maximum absolute atomic E-state index is 13.6. The van der Waals surface area contributed by atoms with Crippen molar-refractivity contribution in [1.29, 1.82) is 0 Å². The summed E-state index contributed by atoms with van der Waals surface area (Å²) in [5.41, 5.74) is 0. The number of esters is 1. The third-order valence-corrected chi connectivity index (χ3v) is 5.69. The van der Waals surface area contributed by atoms with Crippen LogP contribution in [0.1, 0.15) is 79.1 Å². The molecule has 1 N–H and O–H groups in total. The predicted molar refractivity (Wildman–Crippen MR) is 154 cm³/mol. The molecule has 1 aromatic rings. The first-order valence-electron chi connectivity index (χ1n) is 14.1. The van der Waals surface area contributed by atoms with E-state index in [1.807, 2.05) is 32.1 Å². The summed E-state index contributed by atoms with van der Waals surface area (Å²) in [6.45, 7) is 7.06. The van der Waals surface area contributed by atoms with Crippen molar-refractivity contribution in [2.75, 3.05) is 19.8 Å². The number of benzene rings is 1. The fraction of sp³-hybridized carbons (Fsp3) is 0.600. The Morgan fingerprint density at radius 1 is 1.12 bits per heavy atom. The Balaban J connectivity index is 0.000000788. The first kappa shape index (κ1) is 37.5. The van der Waals surface area contributed by atoms with Gasteiger partial charge in [0.1, 0.15) is 11.8 Å². The molecule has 41 heavy (non-hydrogen) atoms. The van der Waals surface area contributed by atoms with Crippen LogP contribution < -0.4 is 10.1 Å². The van der Waals surface area contributed by atoms with Crippen LogP contribution in [0.15, 0.2) is 54.6 Å². The van der Waals surface area contributed by atoms with Crippen molar-refractivity contribution in [2.24, 2.45) is 5.92 Å². The molecule has 0 radical (unpaired) electrons. The highest BCUT2D eigenvalue weighted by Crippen LogP contribution is 2.21. The first-order valence-corrected chi connectivity index (χ1v) is 14.1. The Hall–Kier alpha value is -3.50. The lowest BCUT2D eigenvalue weighted by Gasteiger charge is -2.15. The standard InChI is InChI=1S/C16H22F2O.C14H24N2O6/c1-3-8-14(4-2)11-12-16(17,18)13-19-15-9-6-5-7-10-15;1-3-4-5-6-9-13(17)15-12(2)14(18)21-10-7-8-11-22-16(19)20/h5-7,9-12,14H,3-4,8,13H2,1-2H3;3-4,12H,5-11H2,1-2H3,(H,15,17)/b12-11+;4-3-. The molecule has 0 fully saturated rings. The molecule has 0 aliphatic carbocycles. The number of rotatable bonds is 20. The van der Waals surface area contributed by atoms with Crippen LogP contribution in [0, 0.1) is 16.0 Å². The lowest BCUT2D eigenvalue weighted by Crippen LogP contribution is -2.39. The molecular weight excluding hydrogens is 538 g/mol. The first-order chi connectivity index (χ1) is 19.5. The lowest BCUT2D eigenvalue weighted by atomic mass is 10.00. The van der Waals surface area contributed by atoms with Crippen molar-refractivity contribution < 1.29 is 37.8 Å². The van der Waals surface area contributed by atoms with Gasteiger partial charge in [-0.3, -0.25) is 4.79 Å². The molecule has 0 saturated carbocycles. The van der Waals surface area contributed by atoms with Crippen molar-refractivity contribution in [1.82, 2.24) is 5.32 Å². The van der Waals surface area contributed by atoms with Gasteiger partial charge in [-0.2, -0.15) is 8.78 Å². The van der Waals surface area contributed by atoms with Gasteiger partial charge in [-0.15, -0.1) is 10.1 Å². The van der Waals surface area contributed by atoms with E-state index < -0.39 is 29.6 Å². The van der Waals surface area contributed by atoms with Crippen molar-refractivity contribution >= 4 is 11.9 Å². The van der Waals surface area contributed by atoms with E-state index in [4.69, 9.17) is 9.47 Å². The number of unbranched alkanes of at least 4 members (excludes halogenated alkanes) is 2. The second-order valence-electron chi connectivity index (χ2n) is 9.36. The van der Waals surface area contributed by atoms with Gasteiger partial charge < -0.3 is 19.6 Å². The van der Waals surface area contributed by atoms with Crippen LogP contribution in [-0.2, 0) is 19.2 Å². The minimum Gasteiger partial charge on any atom is -0.487 e. The minimum atomic E-state index is -2.92. The number of amides is 1. The van der Waals surface area contributed by atoms with E-state index in [-0.39, 0.29) is 25.0 Å². The molecule has 1 amide bonds. The van der Waals surface area contributed by atoms with E-state index in [0.717, 1.165) is 38.2 Å². The van der Waals surface area contributed by atoms with Gasteiger partial charge in [0.2, 0.25) is 5.91 Å². The van der Waals surface area contributed by atoms with Gasteiger partial charge in [-0.25, -0.2) is 4.79 Å². The number of para-hydroxylation sites is 1. The zero-order valence-electron chi connectivity index (χ0n) is 24.7. The fourth-order valence-corrected chi connectivity index (χ4v) is 3.39. The zero-order chi connectivity index (χ0) is 30.9. The largest absolute Gasteiger partial charge is 0.487 e. The second kappa shape index (κ2) is 23.2. The summed E-state index contributed by atoms with van der Waals surface area (Å²) in [6.07, 6.45) is 12.2. The van der Waals surface area contributed by atoms with Gasteiger partial charge in [0.25, 0.3) is 11.0 Å². The minimum absolute atomic E-state index is 0.0248. The maximum atomic E-state index is 13.6. The highest BCUT2D eigenvalue weighted by Gasteiger charge is 2.26. The molecule has 9 nitrogen and oxygen atoms in total. The van der Waals surface area contributed by atoms with Crippen LogP contribution in [0.4, 0.5) is 8.78 Å². The van der Waals surface area contributed by atoms with E-state index in [1.54, 1.807) is 37.3 Å². The number of carbonyl (C=O) groups is 2. The summed E-state index contributed by atoms with van der Waals surface area (Å²) in [6, 6.07) is 7.98. The van der Waals surface area contributed by atoms with Crippen molar-refractivity contribution in [3.63, 3.8) is 0 Å². The molecule has 0 saturated heterocycles. The fourth-order valence-electron chi connectivity index (χ4n) is 3.39. The van der Waals surface area contributed by atoms with Crippen LogP contribution in [0.5, 0.6) is 5.75 Å². The second-order valence-corrected chi connectivity index (χ2v) is 9.36. The molecule has 2 unspecified atom stereocenters. The van der Waals surface area contributed by atoms with Crippen LogP contribution in [0.3, 0.4) is 0 Å². The average Bonchev–Trinajstić information content (AvgIpc) is 2.94. The SMILES string of the molecule is C/C=C\CCCC(=O)NC(C)C(=O)OCCCCO[N+](=O)[O-].CCCC(/C=C/C(F)(F)COc1ccccc1)CC. The molecular formula is C30H46F2N2O7. The van der Waals surface area contributed by atoms with Crippen molar-refractivity contribution in [3.8, 4) is 5.75 Å². The Labute approximate surface area is 242 Å². The van der Waals surface area contributed by atoms with E-state index in [0.29, 0.717) is 25.0 Å². The third-order valence-electron chi connectivity index (χ3n) is 5.69. The van der Waals surface area contributed by atoms with E-state index in [9.17, 15) is 28.5 Å². The van der Waals surface area contributed by atoms with Gasteiger partial charge in [0, 0.05) is 6.42 Å². The third kappa shape index (κ3) is 21.9. The Morgan fingerprint density at radius 2 is 1.80 bits per heavy atom. The van der Waals surface area contributed by atoms with Gasteiger partial charge in [-0.05, 0) is 76.5 Å². The number of halogens is 2. The number of hydrogen-bond acceptors (Lipinski definition) is 7. The number of allylic oxidation sites excluding steroid dienone is 3. The van der Waals surface area contributed by atoms with Gasteiger partial charge in [0.15, 0.2) is 6.61 Å². The van der Waals surface area contributed by atoms with Crippen molar-refractivity contribution in [3.05, 3.63) is 64.8 Å². The number of nitrogens with zero attached hydrogens (tertiary/aromatic N) is 1. The maximum Gasteiger partial charge on any atom is 0.328 e. The Kier molecular flexibility index (Phi) is 21.2. The van der Waals surface area contributed by atoms with Crippen LogP contribution in [0.2, 0.25) is 0 Å². The molecule has 0 aliphatic heterocycles. The molecule has 0 heterocycles. The number of alkyl halides is 2. The predicted octanol–water partition coefficient (Wildman–Crippen LogP) is 6.85. The number of hydrogen-bond donors (Lipinski definition) is 1. The van der Waals surface area contributed by atoms with E-state index >= 15 is 0 Å². The summed E-state index contributed by atoms with van der Waals surface area (Å²) in [4.78, 5) is 37.2. The molecule has 2 atom stereocenters. The smallest absolute Gasteiger partial charge is 0.328 e. The van der Waals surface area contributed by atoms with Gasteiger partial charge in [-0.1, -0.05) is 56.7 Å². The van der Waals surface area contributed by atoms with Gasteiger partial charge >= 0.3 is 5.97 Å². The summed E-state index contributed by atoms with van der Waals surface area (Å²) in [5, 5.41) is 11.6. The normalized spacial score (nSPS) is 12.7. The lowest BCUT2D eigenvalue weighted by molar-refractivity contribution is -0.757. The van der Waals surface area contributed by atoms with Gasteiger partial charge in [0.05, 0.1) is 13.2 Å². The molecule has 0 bridgehead atoms. The number of carbonyl (C=O) groups excluding carboxylic acids is 2. The quantitative estimate of drug-likeness (QED) is 0.0585. The molecule has 232 valence electrons. The zero-order valence-corrected chi connectivity index (χ0v) is 24.7. The summed E-state index contributed by atoms with van der Waals surface area (Å²) < 4.78 is 37.3. The number of ether oxygens (including phenoxy) is 2. The van der Waals surface area contributed by atoms with E-state index in [1.165, 1.54) is 0 Å². The summed E-state index contributed by atoms with van der Waals surface area (Å²) in [5.74, 6) is -2.93. The summed E-state index contributed by atoms with van der Waals surface area (Å²) >= 11 is 0. The molecule has 0 aromatic heterocycles. The highest BCUT2D eigenvalue weighted by atomic mass is 19.3. The number of nitrogens with one attached hydrogen (secondary N) is 1. The molecule has 0 aliphatic rings. The Bertz CT molecular complexity index is 911. The highest BCUT2D eigenvalue weighted by molar-refractivity contribution is 5.84. The van der Waals surface area contributed by atoms with Crippen LogP contribution in [-0.4, -0.2) is 48.7 Å². The monoisotopic (exact) mass is 584 g/mol.